The predicted molar refractivity (Wildman–Crippen MR) is 165 cm³/mol. The summed E-state index contributed by atoms with van der Waals surface area (Å²) < 4.78 is 4.74. The highest BCUT2D eigenvalue weighted by Gasteiger charge is 2.45. The van der Waals surface area contributed by atoms with Crippen LogP contribution in [0.25, 0.3) is 0 Å². The maximum atomic E-state index is 14.1. The van der Waals surface area contributed by atoms with Gasteiger partial charge in [-0.3, -0.25) is 20.2 Å². The summed E-state index contributed by atoms with van der Waals surface area (Å²) in [4.78, 5) is 39.9. The molecule has 4 rings (SSSR count). The molecule has 0 saturated heterocycles. The van der Waals surface area contributed by atoms with Crippen LogP contribution in [0.15, 0.2) is 84.9 Å². The van der Waals surface area contributed by atoms with Crippen LogP contribution in [0.3, 0.4) is 0 Å². The number of rotatable bonds is 11. The summed E-state index contributed by atoms with van der Waals surface area (Å²) in [6, 6.07) is 24.3. The number of methoxy groups -OCH3 is 1. The maximum Gasteiger partial charge on any atom is 0.407 e. The molecule has 0 bridgehead atoms. The quantitative estimate of drug-likeness (QED) is 0.191. The number of hydrazine groups is 1. The molecular formula is C34H42N4O6. The summed E-state index contributed by atoms with van der Waals surface area (Å²) in [5.41, 5.74) is 3.34. The second kappa shape index (κ2) is 14.0. The molecule has 0 aliphatic heterocycles. The molecule has 0 heterocycles. The van der Waals surface area contributed by atoms with Gasteiger partial charge in [0.2, 0.25) is 0 Å². The highest BCUT2D eigenvalue weighted by atomic mass is 16.5. The SMILES string of the molecule is COC(=O)NC(C(=O)NN(Cc1ccccc1)CC(O)(Cc1ccccc1)C(=O)N(O)C1CCc2ccccc21)C(C)(C)C. The van der Waals surface area contributed by atoms with Crippen molar-refractivity contribution in [3.8, 4) is 0 Å². The van der Waals surface area contributed by atoms with Crippen LogP contribution >= 0.6 is 0 Å². The lowest BCUT2D eigenvalue weighted by Crippen LogP contribution is -2.62. The van der Waals surface area contributed by atoms with Crippen LogP contribution in [-0.4, -0.2) is 63.6 Å². The minimum absolute atomic E-state index is 0.123. The molecule has 3 atom stereocenters. The smallest absolute Gasteiger partial charge is 0.407 e. The number of hydroxylamine groups is 2. The number of hydrogen-bond donors (Lipinski definition) is 4. The standard InChI is InChI=1S/C34H42N4O6/c1-33(2,3)29(35-32(41)44-4)30(39)36-37(22-25-15-9-6-10-16-25)23-34(42,21-24-13-7-5-8-14-24)31(40)38(43)28-20-19-26-17-11-12-18-27(26)28/h5-18,28-29,42-43H,19-23H2,1-4H3,(H,35,41)(H,36,39). The Labute approximate surface area is 258 Å². The summed E-state index contributed by atoms with van der Waals surface area (Å²) >= 11 is 0. The number of carbonyl (C=O) groups excluding carboxylic acids is 3. The van der Waals surface area contributed by atoms with Crippen molar-refractivity contribution in [3.05, 3.63) is 107 Å². The fourth-order valence-corrected chi connectivity index (χ4v) is 5.60. The van der Waals surface area contributed by atoms with E-state index in [1.807, 2.05) is 60.7 Å². The van der Waals surface area contributed by atoms with Gasteiger partial charge in [-0.05, 0) is 40.5 Å². The van der Waals surface area contributed by atoms with E-state index < -0.39 is 41.0 Å². The molecule has 1 aliphatic rings. The molecule has 10 nitrogen and oxygen atoms in total. The van der Waals surface area contributed by atoms with E-state index in [1.54, 1.807) is 45.0 Å². The van der Waals surface area contributed by atoms with Gasteiger partial charge in [0.25, 0.3) is 11.8 Å². The molecule has 3 aromatic carbocycles. The van der Waals surface area contributed by atoms with Crippen LogP contribution in [0.5, 0.6) is 0 Å². The number of alkyl carbamates (subject to hydrolysis) is 1. The Kier molecular flexibility index (Phi) is 10.4. The summed E-state index contributed by atoms with van der Waals surface area (Å²) in [5, 5.41) is 28.2. The molecule has 0 fully saturated rings. The number of ether oxygens (including phenoxy) is 1. The van der Waals surface area contributed by atoms with Crippen LogP contribution in [0.2, 0.25) is 0 Å². The number of aliphatic hydroxyl groups is 1. The Bertz CT molecular complexity index is 1430. The highest BCUT2D eigenvalue weighted by molar-refractivity contribution is 5.87. The molecule has 0 aromatic heterocycles. The summed E-state index contributed by atoms with van der Waals surface area (Å²) in [7, 11) is 1.22. The lowest BCUT2D eigenvalue weighted by atomic mass is 9.86. The fraction of sp³-hybridized carbons (Fsp3) is 0.382. The second-order valence-electron chi connectivity index (χ2n) is 12.3. The lowest BCUT2D eigenvalue weighted by Gasteiger charge is -2.38. The van der Waals surface area contributed by atoms with Gasteiger partial charge < -0.3 is 15.2 Å². The van der Waals surface area contributed by atoms with E-state index in [4.69, 9.17) is 4.74 Å². The monoisotopic (exact) mass is 602 g/mol. The Morgan fingerprint density at radius 3 is 2.14 bits per heavy atom. The van der Waals surface area contributed by atoms with Crippen LogP contribution in [0.1, 0.15) is 55.5 Å². The molecule has 44 heavy (non-hydrogen) atoms. The molecule has 1 aliphatic carbocycles. The molecule has 0 saturated carbocycles. The molecule has 4 N–H and O–H groups in total. The third-order valence-electron chi connectivity index (χ3n) is 7.85. The number of nitrogens with zero attached hydrogens (tertiary/aromatic N) is 2. The van der Waals surface area contributed by atoms with Crippen molar-refractivity contribution in [2.75, 3.05) is 13.7 Å². The van der Waals surface area contributed by atoms with E-state index in [9.17, 15) is 24.7 Å². The number of carbonyl (C=O) groups is 3. The molecule has 0 spiro atoms. The zero-order valence-electron chi connectivity index (χ0n) is 25.7. The summed E-state index contributed by atoms with van der Waals surface area (Å²) in [6.45, 7) is 5.17. The number of nitrogens with one attached hydrogen (secondary N) is 2. The van der Waals surface area contributed by atoms with E-state index in [0.717, 1.165) is 16.7 Å². The molecule has 3 amide bonds. The van der Waals surface area contributed by atoms with Gasteiger partial charge in [-0.25, -0.2) is 14.9 Å². The van der Waals surface area contributed by atoms with Gasteiger partial charge in [0.15, 0.2) is 5.60 Å². The number of amides is 3. The first-order chi connectivity index (χ1) is 20.9. The molecule has 10 heteroatoms. The summed E-state index contributed by atoms with van der Waals surface area (Å²) in [5.74, 6) is -1.44. The highest BCUT2D eigenvalue weighted by Crippen LogP contribution is 2.36. The minimum Gasteiger partial charge on any atom is -0.453 e. The largest absolute Gasteiger partial charge is 0.453 e. The van der Waals surface area contributed by atoms with Crippen molar-refractivity contribution in [3.63, 3.8) is 0 Å². The van der Waals surface area contributed by atoms with Crippen molar-refractivity contribution < 1.29 is 29.4 Å². The fourth-order valence-electron chi connectivity index (χ4n) is 5.60. The average molecular weight is 603 g/mol. The first-order valence-corrected chi connectivity index (χ1v) is 14.7. The zero-order chi connectivity index (χ0) is 31.9. The zero-order valence-corrected chi connectivity index (χ0v) is 25.7. The normalized spacial score (nSPS) is 16.4. The van der Waals surface area contributed by atoms with E-state index >= 15 is 0 Å². The van der Waals surface area contributed by atoms with Crippen LogP contribution in [-0.2, 0) is 33.7 Å². The van der Waals surface area contributed by atoms with Gasteiger partial charge in [0, 0.05) is 13.0 Å². The Morgan fingerprint density at radius 1 is 0.932 bits per heavy atom. The lowest BCUT2D eigenvalue weighted by molar-refractivity contribution is -0.199. The van der Waals surface area contributed by atoms with E-state index in [0.29, 0.717) is 23.5 Å². The van der Waals surface area contributed by atoms with Crippen molar-refractivity contribution in [1.82, 2.24) is 20.8 Å². The Balaban J connectivity index is 1.68. The molecule has 0 radical (unpaired) electrons. The molecule has 234 valence electrons. The minimum atomic E-state index is -2.15. The number of fused-ring (bicyclic) bond motifs is 1. The van der Waals surface area contributed by atoms with Gasteiger partial charge >= 0.3 is 6.09 Å². The van der Waals surface area contributed by atoms with E-state index in [-0.39, 0.29) is 19.5 Å². The maximum absolute atomic E-state index is 14.1. The van der Waals surface area contributed by atoms with E-state index in [2.05, 4.69) is 10.7 Å². The summed E-state index contributed by atoms with van der Waals surface area (Å²) in [6.07, 6.45) is 0.320. The van der Waals surface area contributed by atoms with Crippen molar-refractivity contribution in [2.45, 2.75) is 64.3 Å². The molecular weight excluding hydrogens is 560 g/mol. The molecule has 3 unspecified atom stereocenters. The Morgan fingerprint density at radius 2 is 1.52 bits per heavy atom. The molecule has 3 aromatic rings. The van der Waals surface area contributed by atoms with Crippen molar-refractivity contribution >= 4 is 17.9 Å². The second-order valence-corrected chi connectivity index (χ2v) is 12.3. The van der Waals surface area contributed by atoms with Gasteiger partial charge in [0.05, 0.1) is 19.7 Å². The third kappa shape index (κ3) is 8.02. The van der Waals surface area contributed by atoms with Gasteiger partial charge in [0.1, 0.15) is 6.04 Å². The van der Waals surface area contributed by atoms with Crippen molar-refractivity contribution in [2.24, 2.45) is 5.41 Å². The predicted octanol–water partition coefficient (Wildman–Crippen LogP) is 4.17. The van der Waals surface area contributed by atoms with Gasteiger partial charge in [-0.15, -0.1) is 0 Å². The number of aryl methyl sites for hydroxylation is 1. The van der Waals surface area contributed by atoms with Crippen LogP contribution < -0.4 is 10.7 Å². The third-order valence-corrected chi connectivity index (χ3v) is 7.85. The van der Waals surface area contributed by atoms with Crippen molar-refractivity contribution in [1.29, 1.82) is 0 Å². The first-order valence-electron chi connectivity index (χ1n) is 14.7. The topological polar surface area (TPSA) is 131 Å². The average Bonchev–Trinajstić information content (AvgIpc) is 3.43. The Hall–Kier alpha value is -4.25. The van der Waals surface area contributed by atoms with Gasteiger partial charge in [-0.1, -0.05) is 106 Å². The first kappa shape index (κ1) is 32.7. The van der Waals surface area contributed by atoms with Gasteiger partial charge in [-0.2, -0.15) is 0 Å². The van der Waals surface area contributed by atoms with Crippen LogP contribution in [0.4, 0.5) is 4.79 Å². The number of hydrogen-bond acceptors (Lipinski definition) is 7. The van der Waals surface area contributed by atoms with E-state index in [1.165, 1.54) is 12.1 Å². The van der Waals surface area contributed by atoms with Crippen LogP contribution in [0, 0.1) is 5.41 Å². The number of benzene rings is 3.